The molecule has 1 aromatic carbocycles. The Bertz CT molecular complexity index is 553. The van der Waals surface area contributed by atoms with Gasteiger partial charge in [-0.25, -0.2) is 9.37 Å². The average Bonchev–Trinajstić information content (AvgIpc) is 2.69. The van der Waals surface area contributed by atoms with Gasteiger partial charge < -0.3 is 10.3 Å². The molecule has 1 aromatic heterocycles. The van der Waals surface area contributed by atoms with Gasteiger partial charge in [0, 0.05) is 23.6 Å². The summed E-state index contributed by atoms with van der Waals surface area (Å²) >= 11 is 0. The molecule has 2 aromatic rings. The molecule has 0 saturated carbocycles. The summed E-state index contributed by atoms with van der Waals surface area (Å²) in [4.78, 5) is 3.83. The second kappa shape index (κ2) is 4.03. The summed E-state index contributed by atoms with van der Waals surface area (Å²) < 4.78 is 15.1. The SMILES string of the molecule is N#Cc1nccn1Cc1ccc(N)cc1F. The predicted molar refractivity (Wildman–Crippen MR) is 56.9 cm³/mol. The van der Waals surface area contributed by atoms with Crippen LogP contribution in [0.4, 0.5) is 10.1 Å². The van der Waals surface area contributed by atoms with E-state index in [0.29, 0.717) is 11.3 Å². The second-order valence-corrected chi connectivity index (χ2v) is 3.34. The van der Waals surface area contributed by atoms with Crippen LogP contribution in [0.1, 0.15) is 11.4 Å². The first kappa shape index (κ1) is 10.2. The van der Waals surface area contributed by atoms with Crippen molar-refractivity contribution < 1.29 is 4.39 Å². The molecule has 16 heavy (non-hydrogen) atoms. The lowest BCUT2D eigenvalue weighted by Gasteiger charge is -2.05. The van der Waals surface area contributed by atoms with Gasteiger partial charge in [-0.15, -0.1) is 0 Å². The van der Waals surface area contributed by atoms with E-state index in [9.17, 15) is 4.39 Å². The third-order valence-corrected chi connectivity index (χ3v) is 2.23. The molecular formula is C11H9FN4. The van der Waals surface area contributed by atoms with Crippen LogP contribution in [0.3, 0.4) is 0 Å². The fourth-order valence-electron chi connectivity index (χ4n) is 1.43. The maximum atomic E-state index is 13.5. The summed E-state index contributed by atoms with van der Waals surface area (Å²) in [6, 6.07) is 6.42. The zero-order valence-corrected chi connectivity index (χ0v) is 8.39. The van der Waals surface area contributed by atoms with Crippen molar-refractivity contribution in [3.05, 3.63) is 47.8 Å². The fraction of sp³-hybridized carbons (Fsp3) is 0.0909. The molecule has 1 heterocycles. The van der Waals surface area contributed by atoms with E-state index in [4.69, 9.17) is 11.0 Å². The lowest BCUT2D eigenvalue weighted by molar-refractivity contribution is 0.599. The standard InChI is InChI=1S/C11H9FN4/c12-10-5-9(14)2-1-8(10)7-16-4-3-15-11(16)6-13/h1-5H,7,14H2. The lowest BCUT2D eigenvalue weighted by atomic mass is 10.2. The van der Waals surface area contributed by atoms with Crippen LogP contribution in [0.25, 0.3) is 0 Å². The molecule has 80 valence electrons. The largest absolute Gasteiger partial charge is 0.399 e. The summed E-state index contributed by atoms with van der Waals surface area (Å²) in [6.07, 6.45) is 3.14. The zero-order valence-electron chi connectivity index (χ0n) is 8.39. The first-order valence-electron chi connectivity index (χ1n) is 4.66. The van der Waals surface area contributed by atoms with E-state index in [-0.39, 0.29) is 18.2 Å². The van der Waals surface area contributed by atoms with Crippen molar-refractivity contribution in [1.82, 2.24) is 9.55 Å². The van der Waals surface area contributed by atoms with Gasteiger partial charge in [0.05, 0.1) is 6.54 Å². The number of nitrogens with zero attached hydrogens (tertiary/aromatic N) is 3. The highest BCUT2D eigenvalue weighted by molar-refractivity contribution is 5.40. The van der Waals surface area contributed by atoms with Gasteiger partial charge in [0.2, 0.25) is 5.82 Å². The van der Waals surface area contributed by atoms with Crippen molar-refractivity contribution in [2.24, 2.45) is 0 Å². The van der Waals surface area contributed by atoms with Crippen LogP contribution in [0.5, 0.6) is 0 Å². The molecule has 5 heteroatoms. The number of hydrogen-bond acceptors (Lipinski definition) is 3. The van der Waals surface area contributed by atoms with E-state index < -0.39 is 0 Å². The van der Waals surface area contributed by atoms with E-state index >= 15 is 0 Å². The van der Waals surface area contributed by atoms with Crippen LogP contribution in [-0.2, 0) is 6.54 Å². The minimum atomic E-state index is -0.377. The quantitative estimate of drug-likeness (QED) is 0.774. The molecule has 2 rings (SSSR count). The van der Waals surface area contributed by atoms with Gasteiger partial charge in [-0.2, -0.15) is 5.26 Å². The normalized spacial score (nSPS) is 10.0. The molecule has 0 amide bonds. The molecule has 2 N–H and O–H groups in total. The number of hydrogen-bond donors (Lipinski definition) is 1. The fourth-order valence-corrected chi connectivity index (χ4v) is 1.43. The summed E-state index contributed by atoms with van der Waals surface area (Å²) in [7, 11) is 0. The van der Waals surface area contributed by atoms with Crippen LogP contribution < -0.4 is 5.73 Å². The number of imidazole rings is 1. The molecule has 0 saturated heterocycles. The van der Waals surface area contributed by atoms with E-state index in [1.807, 2.05) is 6.07 Å². The summed E-state index contributed by atoms with van der Waals surface area (Å²) in [5.74, 6) is -0.117. The van der Waals surface area contributed by atoms with Crippen LogP contribution in [0.2, 0.25) is 0 Å². The smallest absolute Gasteiger partial charge is 0.213 e. The van der Waals surface area contributed by atoms with Crippen LogP contribution >= 0.6 is 0 Å². The molecule has 0 atom stereocenters. The van der Waals surface area contributed by atoms with Gasteiger partial charge in [0.1, 0.15) is 11.9 Å². The van der Waals surface area contributed by atoms with Gasteiger partial charge >= 0.3 is 0 Å². The number of halogens is 1. The molecule has 0 spiro atoms. The van der Waals surface area contributed by atoms with Gasteiger partial charge in [-0.1, -0.05) is 6.07 Å². The Labute approximate surface area is 91.8 Å². The Hall–Kier alpha value is -2.35. The maximum absolute atomic E-state index is 13.5. The summed E-state index contributed by atoms with van der Waals surface area (Å²) in [5, 5.41) is 8.75. The number of aromatic nitrogens is 2. The van der Waals surface area contributed by atoms with Crippen molar-refractivity contribution in [3.8, 4) is 6.07 Å². The van der Waals surface area contributed by atoms with Crippen molar-refractivity contribution in [2.75, 3.05) is 5.73 Å². The molecule has 0 bridgehead atoms. The van der Waals surface area contributed by atoms with Gasteiger partial charge in [-0.3, -0.25) is 0 Å². The van der Waals surface area contributed by atoms with Gasteiger partial charge in [-0.05, 0) is 12.1 Å². The second-order valence-electron chi connectivity index (χ2n) is 3.34. The van der Waals surface area contributed by atoms with Crippen molar-refractivity contribution in [2.45, 2.75) is 6.54 Å². The monoisotopic (exact) mass is 216 g/mol. The van der Waals surface area contributed by atoms with E-state index in [2.05, 4.69) is 4.98 Å². The number of rotatable bonds is 2. The maximum Gasteiger partial charge on any atom is 0.213 e. The highest BCUT2D eigenvalue weighted by Crippen LogP contribution is 2.13. The van der Waals surface area contributed by atoms with Crippen molar-refractivity contribution in [1.29, 1.82) is 5.26 Å². The Kier molecular flexibility index (Phi) is 2.56. The highest BCUT2D eigenvalue weighted by Gasteiger charge is 2.06. The van der Waals surface area contributed by atoms with E-state index in [1.54, 1.807) is 22.9 Å². The Morgan fingerprint density at radius 2 is 2.31 bits per heavy atom. The Balaban J connectivity index is 2.31. The third-order valence-electron chi connectivity index (χ3n) is 2.23. The van der Waals surface area contributed by atoms with Crippen molar-refractivity contribution in [3.63, 3.8) is 0 Å². The molecule has 0 aliphatic rings. The topological polar surface area (TPSA) is 67.6 Å². The van der Waals surface area contributed by atoms with Crippen LogP contribution in [-0.4, -0.2) is 9.55 Å². The van der Waals surface area contributed by atoms with Crippen LogP contribution in [0, 0.1) is 17.1 Å². The number of nitrogens with two attached hydrogens (primary N) is 1. The highest BCUT2D eigenvalue weighted by atomic mass is 19.1. The number of anilines is 1. The van der Waals surface area contributed by atoms with Crippen molar-refractivity contribution >= 4 is 5.69 Å². The van der Waals surface area contributed by atoms with Gasteiger partial charge in [0.25, 0.3) is 0 Å². The number of nitriles is 1. The molecule has 0 fully saturated rings. The summed E-state index contributed by atoms with van der Waals surface area (Å²) in [6.45, 7) is 0.273. The molecule has 0 aliphatic heterocycles. The Morgan fingerprint density at radius 3 is 3.00 bits per heavy atom. The molecular weight excluding hydrogens is 207 g/mol. The minimum absolute atomic E-state index is 0.260. The number of nitrogen functional groups attached to an aromatic ring is 1. The third kappa shape index (κ3) is 1.86. The van der Waals surface area contributed by atoms with Gasteiger partial charge in [0.15, 0.2) is 0 Å². The number of benzene rings is 1. The van der Waals surface area contributed by atoms with Crippen LogP contribution in [0.15, 0.2) is 30.6 Å². The molecule has 0 radical (unpaired) electrons. The predicted octanol–water partition coefficient (Wildman–Crippen LogP) is 1.52. The molecule has 0 unspecified atom stereocenters. The van der Waals surface area contributed by atoms with E-state index in [1.165, 1.54) is 12.3 Å². The molecule has 4 nitrogen and oxygen atoms in total. The Morgan fingerprint density at radius 1 is 1.50 bits per heavy atom. The minimum Gasteiger partial charge on any atom is -0.399 e. The zero-order chi connectivity index (χ0) is 11.5. The first-order chi connectivity index (χ1) is 7.70. The summed E-state index contributed by atoms with van der Waals surface area (Å²) in [5.41, 5.74) is 6.30. The lowest BCUT2D eigenvalue weighted by Crippen LogP contribution is -2.04. The first-order valence-corrected chi connectivity index (χ1v) is 4.66. The average molecular weight is 216 g/mol. The van der Waals surface area contributed by atoms with E-state index in [0.717, 1.165) is 0 Å². The molecule has 0 aliphatic carbocycles.